The molecule has 0 spiro atoms. The molecule has 2 aromatic carbocycles. The lowest BCUT2D eigenvalue weighted by atomic mass is 9.60. The molecule has 0 radical (unpaired) electrons. The standard InChI is InChI=1S/C29H28F6O/c1-4-6-7-16-8-9-17(25(32)24(16)31)10-11-18-14-15-29(3)19-12-13-20(36-5-2)26(33)21(19)27(34)28(35)22(29)23(18)30/h4,8-9,12-15,22,27-28H,1,5-7,10-11H2,2-3H3. The van der Waals surface area contributed by atoms with Crippen molar-refractivity contribution in [2.24, 2.45) is 5.92 Å². The molecular formula is C29H28F6O. The first-order valence-corrected chi connectivity index (χ1v) is 12.0. The summed E-state index contributed by atoms with van der Waals surface area (Å²) in [5, 5.41) is 0. The van der Waals surface area contributed by atoms with Gasteiger partial charge in [0.1, 0.15) is 12.0 Å². The number of hydrogen-bond acceptors (Lipinski definition) is 1. The second kappa shape index (κ2) is 10.2. The van der Waals surface area contributed by atoms with E-state index in [1.165, 1.54) is 30.3 Å². The average molecular weight is 507 g/mol. The van der Waals surface area contributed by atoms with E-state index in [-0.39, 0.29) is 47.5 Å². The first kappa shape index (κ1) is 26.1. The second-order valence-corrected chi connectivity index (χ2v) is 9.42. The minimum atomic E-state index is -2.38. The Balaban J connectivity index is 1.63. The van der Waals surface area contributed by atoms with Gasteiger partial charge in [0.05, 0.1) is 12.5 Å². The van der Waals surface area contributed by atoms with E-state index in [1.54, 1.807) is 26.0 Å². The molecule has 4 unspecified atom stereocenters. The van der Waals surface area contributed by atoms with Crippen LogP contribution in [0.4, 0.5) is 26.3 Å². The molecule has 0 heterocycles. The lowest BCUT2D eigenvalue weighted by molar-refractivity contribution is 0.0634. The predicted octanol–water partition coefficient (Wildman–Crippen LogP) is 8.28. The van der Waals surface area contributed by atoms with Crippen LogP contribution < -0.4 is 4.74 Å². The summed E-state index contributed by atoms with van der Waals surface area (Å²) in [7, 11) is 0. The van der Waals surface area contributed by atoms with E-state index < -0.39 is 52.5 Å². The van der Waals surface area contributed by atoms with Gasteiger partial charge in [-0.15, -0.1) is 6.58 Å². The lowest BCUT2D eigenvalue weighted by Crippen LogP contribution is -2.46. The van der Waals surface area contributed by atoms with Crippen LogP contribution in [0.5, 0.6) is 5.75 Å². The fraction of sp³-hybridized carbons (Fsp3) is 0.379. The van der Waals surface area contributed by atoms with Gasteiger partial charge < -0.3 is 4.74 Å². The summed E-state index contributed by atoms with van der Waals surface area (Å²) in [6.45, 7) is 6.90. The summed E-state index contributed by atoms with van der Waals surface area (Å²) in [5.41, 5.74) is -1.26. The molecule has 0 N–H and O–H groups in total. The van der Waals surface area contributed by atoms with Gasteiger partial charge in [-0.05, 0) is 60.9 Å². The van der Waals surface area contributed by atoms with Crippen molar-refractivity contribution >= 4 is 0 Å². The maximum Gasteiger partial charge on any atom is 0.171 e. The van der Waals surface area contributed by atoms with Crippen molar-refractivity contribution < 1.29 is 31.1 Å². The summed E-state index contributed by atoms with van der Waals surface area (Å²) < 4.78 is 95.4. The zero-order chi connectivity index (χ0) is 26.2. The van der Waals surface area contributed by atoms with Gasteiger partial charge in [0.15, 0.2) is 29.4 Å². The minimum Gasteiger partial charge on any atom is -0.491 e. The summed E-state index contributed by atoms with van der Waals surface area (Å²) in [4.78, 5) is 0. The Morgan fingerprint density at radius 1 is 0.944 bits per heavy atom. The van der Waals surface area contributed by atoms with Gasteiger partial charge in [-0.3, -0.25) is 0 Å². The Labute approximate surface area is 207 Å². The SMILES string of the molecule is C=CCCc1ccc(CCC2=C(F)C3C(F)C(F)c4c(ccc(OCC)c4F)C3(C)C=C2)c(F)c1F. The molecule has 0 saturated carbocycles. The monoisotopic (exact) mass is 506 g/mol. The van der Waals surface area contributed by atoms with Crippen LogP contribution in [0.1, 0.15) is 55.1 Å². The molecule has 0 amide bonds. The molecule has 0 bridgehead atoms. The highest BCUT2D eigenvalue weighted by Crippen LogP contribution is 2.56. The fourth-order valence-electron chi connectivity index (χ4n) is 5.30. The largest absolute Gasteiger partial charge is 0.491 e. The maximum atomic E-state index is 15.7. The molecule has 4 rings (SSSR count). The highest BCUT2D eigenvalue weighted by Gasteiger charge is 2.54. The normalized spacial score (nSPS) is 24.9. The first-order valence-electron chi connectivity index (χ1n) is 12.0. The molecule has 2 aromatic rings. The number of rotatable bonds is 8. The Morgan fingerprint density at radius 3 is 2.25 bits per heavy atom. The van der Waals surface area contributed by atoms with Gasteiger partial charge in [0.2, 0.25) is 0 Å². The Kier molecular flexibility index (Phi) is 7.39. The zero-order valence-electron chi connectivity index (χ0n) is 20.2. The molecule has 0 fully saturated rings. The van der Waals surface area contributed by atoms with E-state index in [4.69, 9.17) is 4.74 Å². The summed E-state index contributed by atoms with van der Waals surface area (Å²) in [5.74, 6) is -5.49. The number of fused-ring (bicyclic) bond motifs is 3. The molecule has 0 aliphatic heterocycles. The third-order valence-corrected chi connectivity index (χ3v) is 7.28. The van der Waals surface area contributed by atoms with Crippen molar-refractivity contribution in [3.63, 3.8) is 0 Å². The number of aryl methyl sites for hydroxylation is 2. The highest BCUT2D eigenvalue weighted by atomic mass is 19.2. The summed E-state index contributed by atoms with van der Waals surface area (Å²) in [6.07, 6.45) is 0.624. The van der Waals surface area contributed by atoms with Crippen LogP contribution in [0, 0.1) is 23.4 Å². The minimum absolute atomic E-state index is 0.0278. The third kappa shape index (κ3) is 4.27. The van der Waals surface area contributed by atoms with E-state index in [0.717, 1.165) is 0 Å². The summed E-state index contributed by atoms with van der Waals surface area (Å²) in [6, 6.07) is 5.73. The van der Waals surface area contributed by atoms with Gasteiger partial charge in [0, 0.05) is 11.0 Å². The predicted molar refractivity (Wildman–Crippen MR) is 128 cm³/mol. The van der Waals surface area contributed by atoms with Crippen LogP contribution in [0.25, 0.3) is 0 Å². The van der Waals surface area contributed by atoms with Crippen LogP contribution in [0.15, 0.2) is 60.5 Å². The molecule has 192 valence electrons. The van der Waals surface area contributed by atoms with Crippen LogP contribution in [-0.4, -0.2) is 12.8 Å². The van der Waals surface area contributed by atoms with Crippen molar-refractivity contribution in [2.45, 2.75) is 57.3 Å². The molecule has 2 aliphatic rings. The van der Waals surface area contributed by atoms with E-state index in [1.807, 2.05) is 0 Å². The van der Waals surface area contributed by atoms with E-state index in [2.05, 4.69) is 6.58 Å². The smallest absolute Gasteiger partial charge is 0.171 e. The molecule has 4 atom stereocenters. The third-order valence-electron chi connectivity index (χ3n) is 7.28. The quantitative estimate of drug-likeness (QED) is 0.259. The fourth-order valence-corrected chi connectivity index (χ4v) is 5.30. The number of halogens is 6. The van der Waals surface area contributed by atoms with Crippen molar-refractivity contribution in [2.75, 3.05) is 6.61 Å². The van der Waals surface area contributed by atoms with Crippen LogP contribution in [0.2, 0.25) is 0 Å². The molecule has 2 aliphatic carbocycles. The van der Waals surface area contributed by atoms with E-state index in [9.17, 15) is 8.78 Å². The van der Waals surface area contributed by atoms with Crippen LogP contribution >= 0.6 is 0 Å². The Hall–Kier alpha value is -2.96. The number of alkyl halides is 2. The zero-order valence-corrected chi connectivity index (χ0v) is 20.2. The lowest BCUT2D eigenvalue weighted by Gasteiger charge is -2.46. The van der Waals surface area contributed by atoms with Gasteiger partial charge in [-0.1, -0.05) is 43.4 Å². The molecule has 7 heteroatoms. The Morgan fingerprint density at radius 2 is 1.61 bits per heavy atom. The number of allylic oxidation sites excluding steroid dienone is 5. The second-order valence-electron chi connectivity index (χ2n) is 9.42. The van der Waals surface area contributed by atoms with Crippen LogP contribution in [-0.2, 0) is 18.3 Å². The highest BCUT2D eigenvalue weighted by molar-refractivity contribution is 5.53. The number of ether oxygens (including phenoxy) is 1. The topological polar surface area (TPSA) is 9.23 Å². The van der Waals surface area contributed by atoms with E-state index in [0.29, 0.717) is 12.8 Å². The molecule has 36 heavy (non-hydrogen) atoms. The van der Waals surface area contributed by atoms with Gasteiger partial charge in [-0.2, -0.15) is 0 Å². The molecule has 0 saturated heterocycles. The van der Waals surface area contributed by atoms with Gasteiger partial charge in [0.25, 0.3) is 0 Å². The summed E-state index contributed by atoms with van der Waals surface area (Å²) >= 11 is 0. The molecular weight excluding hydrogens is 478 g/mol. The Bertz CT molecular complexity index is 1230. The van der Waals surface area contributed by atoms with Gasteiger partial charge >= 0.3 is 0 Å². The molecule has 1 nitrogen and oxygen atoms in total. The van der Waals surface area contributed by atoms with Crippen molar-refractivity contribution in [3.8, 4) is 5.75 Å². The van der Waals surface area contributed by atoms with Gasteiger partial charge in [-0.25, -0.2) is 26.3 Å². The number of benzene rings is 2. The average Bonchev–Trinajstić information content (AvgIpc) is 2.85. The maximum absolute atomic E-state index is 15.7. The van der Waals surface area contributed by atoms with Crippen molar-refractivity contribution in [1.82, 2.24) is 0 Å². The van der Waals surface area contributed by atoms with E-state index >= 15 is 17.6 Å². The first-order chi connectivity index (χ1) is 17.2. The molecule has 0 aromatic heterocycles. The number of hydrogen-bond donors (Lipinski definition) is 0. The van der Waals surface area contributed by atoms with Crippen molar-refractivity contribution in [3.05, 3.63) is 100 Å². The van der Waals surface area contributed by atoms with Crippen LogP contribution in [0.3, 0.4) is 0 Å². The van der Waals surface area contributed by atoms with Crippen molar-refractivity contribution in [1.29, 1.82) is 0 Å².